The molecule has 0 radical (unpaired) electrons. The SMILES string of the molecule is O=C(Nc1ccccc1-n1cccn1)C1CC(O)CN1. The number of benzene rings is 1. The molecule has 3 rings (SSSR count). The second-order valence-corrected chi connectivity index (χ2v) is 4.81. The van der Waals surface area contributed by atoms with Crippen LogP contribution in [0, 0.1) is 0 Å². The third-order valence-corrected chi connectivity index (χ3v) is 3.34. The van der Waals surface area contributed by atoms with E-state index in [0.717, 1.165) is 5.69 Å². The molecule has 2 heterocycles. The lowest BCUT2D eigenvalue weighted by Crippen LogP contribution is -2.35. The van der Waals surface area contributed by atoms with Gasteiger partial charge < -0.3 is 15.7 Å². The summed E-state index contributed by atoms with van der Waals surface area (Å²) in [4.78, 5) is 12.2. The molecule has 1 saturated heterocycles. The molecule has 0 saturated carbocycles. The zero-order valence-electron chi connectivity index (χ0n) is 10.9. The summed E-state index contributed by atoms with van der Waals surface area (Å²) in [6.45, 7) is 0.457. The van der Waals surface area contributed by atoms with Gasteiger partial charge in [-0.3, -0.25) is 4.79 Å². The number of carbonyl (C=O) groups excluding carboxylic acids is 1. The van der Waals surface area contributed by atoms with Crippen molar-refractivity contribution in [2.45, 2.75) is 18.6 Å². The van der Waals surface area contributed by atoms with E-state index in [0.29, 0.717) is 18.7 Å². The normalized spacial score (nSPS) is 21.9. The quantitative estimate of drug-likeness (QED) is 0.761. The van der Waals surface area contributed by atoms with Gasteiger partial charge in [0.25, 0.3) is 0 Å². The number of aliphatic hydroxyl groups is 1. The highest BCUT2D eigenvalue weighted by Gasteiger charge is 2.28. The molecule has 1 aliphatic heterocycles. The van der Waals surface area contributed by atoms with Crippen molar-refractivity contribution < 1.29 is 9.90 Å². The second-order valence-electron chi connectivity index (χ2n) is 4.81. The Morgan fingerprint density at radius 1 is 1.40 bits per heavy atom. The molecule has 2 unspecified atom stereocenters. The highest BCUT2D eigenvalue weighted by Crippen LogP contribution is 2.20. The van der Waals surface area contributed by atoms with Crippen LogP contribution >= 0.6 is 0 Å². The molecule has 0 bridgehead atoms. The molecule has 1 aromatic carbocycles. The minimum absolute atomic E-state index is 0.138. The highest BCUT2D eigenvalue weighted by atomic mass is 16.3. The molecule has 1 amide bonds. The second kappa shape index (κ2) is 5.44. The molecule has 104 valence electrons. The van der Waals surface area contributed by atoms with Crippen molar-refractivity contribution in [1.29, 1.82) is 0 Å². The molecule has 6 nitrogen and oxygen atoms in total. The predicted molar refractivity (Wildman–Crippen MR) is 74.6 cm³/mol. The predicted octanol–water partition coefficient (Wildman–Crippen LogP) is 0.534. The number of aliphatic hydroxyl groups excluding tert-OH is 1. The van der Waals surface area contributed by atoms with Crippen LogP contribution in [0.3, 0.4) is 0 Å². The van der Waals surface area contributed by atoms with E-state index in [1.165, 1.54) is 0 Å². The van der Waals surface area contributed by atoms with E-state index < -0.39 is 6.10 Å². The van der Waals surface area contributed by atoms with Gasteiger partial charge in [-0.25, -0.2) is 4.68 Å². The van der Waals surface area contributed by atoms with Crippen molar-refractivity contribution >= 4 is 11.6 Å². The lowest BCUT2D eigenvalue weighted by atomic mass is 10.2. The number of anilines is 1. The molecular formula is C14H16N4O2. The van der Waals surface area contributed by atoms with Gasteiger partial charge >= 0.3 is 0 Å². The molecule has 3 N–H and O–H groups in total. The maximum atomic E-state index is 12.2. The first kappa shape index (κ1) is 12.8. The first-order valence-corrected chi connectivity index (χ1v) is 6.55. The highest BCUT2D eigenvalue weighted by molar-refractivity contribution is 5.96. The van der Waals surface area contributed by atoms with Crippen LogP contribution in [0.15, 0.2) is 42.7 Å². The molecule has 20 heavy (non-hydrogen) atoms. The van der Waals surface area contributed by atoms with Crippen LogP contribution < -0.4 is 10.6 Å². The maximum Gasteiger partial charge on any atom is 0.241 e. The van der Waals surface area contributed by atoms with Crippen molar-refractivity contribution in [1.82, 2.24) is 15.1 Å². The zero-order chi connectivity index (χ0) is 13.9. The molecule has 6 heteroatoms. The fourth-order valence-corrected chi connectivity index (χ4v) is 2.33. The smallest absolute Gasteiger partial charge is 0.241 e. The molecule has 1 fully saturated rings. The summed E-state index contributed by atoms with van der Waals surface area (Å²) < 4.78 is 1.70. The summed E-state index contributed by atoms with van der Waals surface area (Å²) in [5.41, 5.74) is 1.51. The first-order chi connectivity index (χ1) is 9.74. The number of rotatable bonds is 3. The molecule has 2 aromatic rings. The van der Waals surface area contributed by atoms with Crippen LogP contribution in [0.1, 0.15) is 6.42 Å². The standard InChI is InChI=1S/C14H16N4O2/c19-10-8-12(15-9-10)14(20)17-11-4-1-2-5-13(11)18-7-3-6-16-18/h1-7,10,12,15,19H,8-9H2,(H,17,20). The summed E-state index contributed by atoms with van der Waals surface area (Å²) in [6.07, 6.45) is 3.50. The summed E-state index contributed by atoms with van der Waals surface area (Å²) in [5, 5.41) is 19.5. The lowest BCUT2D eigenvalue weighted by Gasteiger charge is -2.14. The zero-order valence-corrected chi connectivity index (χ0v) is 10.9. The topological polar surface area (TPSA) is 79.2 Å². The number of aromatic nitrogens is 2. The Balaban J connectivity index is 1.79. The van der Waals surface area contributed by atoms with Gasteiger partial charge in [-0.1, -0.05) is 12.1 Å². The van der Waals surface area contributed by atoms with Crippen molar-refractivity contribution in [3.8, 4) is 5.69 Å². The van der Waals surface area contributed by atoms with Gasteiger partial charge in [0.2, 0.25) is 5.91 Å². The fraction of sp³-hybridized carbons (Fsp3) is 0.286. The van der Waals surface area contributed by atoms with Crippen LogP contribution in [0.2, 0.25) is 0 Å². The number of amides is 1. The molecular weight excluding hydrogens is 256 g/mol. The Labute approximate surface area is 116 Å². The number of carbonyl (C=O) groups is 1. The van der Waals surface area contributed by atoms with E-state index in [-0.39, 0.29) is 11.9 Å². The van der Waals surface area contributed by atoms with E-state index in [4.69, 9.17) is 0 Å². The van der Waals surface area contributed by atoms with Gasteiger partial charge in [0, 0.05) is 18.9 Å². The summed E-state index contributed by atoms with van der Waals surface area (Å²) >= 11 is 0. The van der Waals surface area contributed by atoms with E-state index >= 15 is 0 Å². The molecule has 0 spiro atoms. The lowest BCUT2D eigenvalue weighted by molar-refractivity contribution is -0.117. The number of β-amino-alcohol motifs (C(OH)–C–C–N with tert-alkyl or cyclic N) is 1. The maximum absolute atomic E-state index is 12.2. The van der Waals surface area contributed by atoms with Crippen LogP contribution in [0.5, 0.6) is 0 Å². The monoisotopic (exact) mass is 272 g/mol. The van der Waals surface area contributed by atoms with Crippen molar-refractivity contribution in [3.05, 3.63) is 42.7 Å². The van der Waals surface area contributed by atoms with Gasteiger partial charge in [-0.05, 0) is 24.6 Å². The third kappa shape index (κ3) is 2.56. The van der Waals surface area contributed by atoms with Crippen LogP contribution in [0.25, 0.3) is 5.69 Å². The van der Waals surface area contributed by atoms with Gasteiger partial charge in [-0.15, -0.1) is 0 Å². The van der Waals surface area contributed by atoms with Crippen LogP contribution in [-0.2, 0) is 4.79 Å². The number of hydrogen-bond donors (Lipinski definition) is 3. The van der Waals surface area contributed by atoms with E-state index in [2.05, 4.69) is 15.7 Å². The largest absolute Gasteiger partial charge is 0.392 e. The fourth-order valence-electron chi connectivity index (χ4n) is 2.33. The van der Waals surface area contributed by atoms with E-state index in [9.17, 15) is 9.90 Å². The summed E-state index contributed by atoms with van der Waals surface area (Å²) in [7, 11) is 0. The average Bonchev–Trinajstić information content (AvgIpc) is 3.10. The van der Waals surface area contributed by atoms with Gasteiger partial charge in [0.05, 0.1) is 23.5 Å². The Bertz CT molecular complexity index is 597. The Hall–Kier alpha value is -2.18. The summed E-state index contributed by atoms with van der Waals surface area (Å²) in [6, 6.07) is 8.95. The van der Waals surface area contributed by atoms with Crippen molar-refractivity contribution in [2.24, 2.45) is 0 Å². The van der Waals surface area contributed by atoms with Crippen molar-refractivity contribution in [3.63, 3.8) is 0 Å². The number of hydrogen-bond acceptors (Lipinski definition) is 4. The number of nitrogens with zero attached hydrogens (tertiary/aromatic N) is 2. The van der Waals surface area contributed by atoms with Crippen LogP contribution in [-0.4, -0.2) is 39.5 Å². The van der Waals surface area contributed by atoms with Gasteiger partial charge in [0.15, 0.2) is 0 Å². The molecule has 2 atom stereocenters. The van der Waals surface area contributed by atoms with E-state index in [1.807, 2.05) is 36.5 Å². The number of para-hydroxylation sites is 2. The number of nitrogens with one attached hydrogen (secondary N) is 2. The van der Waals surface area contributed by atoms with Gasteiger partial charge in [-0.2, -0.15) is 5.10 Å². The third-order valence-electron chi connectivity index (χ3n) is 3.34. The molecule has 1 aliphatic rings. The first-order valence-electron chi connectivity index (χ1n) is 6.55. The minimum Gasteiger partial charge on any atom is -0.392 e. The van der Waals surface area contributed by atoms with Crippen LogP contribution in [0.4, 0.5) is 5.69 Å². The summed E-state index contributed by atoms with van der Waals surface area (Å²) in [5.74, 6) is -0.138. The minimum atomic E-state index is -0.452. The van der Waals surface area contributed by atoms with E-state index in [1.54, 1.807) is 10.9 Å². The van der Waals surface area contributed by atoms with Crippen molar-refractivity contribution in [2.75, 3.05) is 11.9 Å². The Morgan fingerprint density at radius 2 is 2.25 bits per heavy atom. The molecule has 1 aromatic heterocycles. The Kier molecular flexibility index (Phi) is 3.49. The molecule has 0 aliphatic carbocycles. The Morgan fingerprint density at radius 3 is 2.95 bits per heavy atom. The van der Waals surface area contributed by atoms with Gasteiger partial charge in [0.1, 0.15) is 0 Å². The average molecular weight is 272 g/mol.